The van der Waals surface area contributed by atoms with Crippen LogP contribution >= 0.6 is 0 Å². The van der Waals surface area contributed by atoms with E-state index in [1.54, 1.807) is 0 Å². The Morgan fingerprint density at radius 3 is 2.09 bits per heavy atom. The minimum atomic E-state index is -1.15. The summed E-state index contributed by atoms with van der Waals surface area (Å²) in [4.78, 5) is 26.1. The number of hydrogen-bond acceptors (Lipinski definition) is 4. The summed E-state index contributed by atoms with van der Waals surface area (Å²) >= 11 is 0. The van der Waals surface area contributed by atoms with Gasteiger partial charge in [-0.3, -0.25) is 4.79 Å². The third-order valence-corrected chi connectivity index (χ3v) is 11.6. The van der Waals surface area contributed by atoms with Gasteiger partial charge in [0.2, 0.25) is 5.60 Å². The zero-order chi connectivity index (χ0) is 25.8. The topological polar surface area (TPSA) is 52.6 Å². The van der Waals surface area contributed by atoms with Gasteiger partial charge in [-0.1, -0.05) is 80.0 Å². The third kappa shape index (κ3) is 2.98. The summed E-state index contributed by atoms with van der Waals surface area (Å²) in [7, 11) is 0. The molecule has 35 heavy (non-hydrogen) atoms. The molecule has 5 atom stereocenters. The standard InChI is InChI=1S/C31H44O4/c1-10-20-23(18-34-25(33)31-16-15-29(8,24(32)35-31)28(31,6)7)30(20,9)19-11-12-21-22(17-19)27(4,5)14-13-26(21,2)3/h11-12,17,20,23H,10,13-16,18H2,1-9H3/t20-,23+,29?,30-,31?/m1/s1. The van der Waals surface area contributed by atoms with E-state index in [0.29, 0.717) is 25.4 Å². The van der Waals surface area contributed by atoms with Crippen molar-refractivity contribution in [2.45, 2.75) is 116 Å². The Bertz CT molecular complexity index is 1100. The average molecular weight is 481 g/mol. The zero-order valence-corrected chi connectivity index (χ0v) is 23.3. The molecule has 4 heteroatoms. The third-order valence-electron chi connectivity index (χ3n) is 11.6. The molecule has 0 amide bonds. The van der Waals surface area contributed by atoms with Gasteiger partial charge >= 0.3 is 11.9 Å². The first kappa shape index (κ1) is 24.8. The van der Waals surface area contributed by atoms with Gasteiger partial charge in [0, 0.05) is 16.7 Å². The van der Waals surface area contributed by atoms with Gasteiger partial charge in [-0.05, 0) is 66.0 Å². The van der Waals surface area contributed by atoms with Crippen LogP contribution in [0, 0.1) is 22.7 Å². The summed E-state index contributed by atoms with van der Waals surface area (Å²) < 4.78 is 11.8. The Hall–Kier alpha value is -1.84. The first-order valence-corrected chi connectivity index (χ1v) is 13.6. The molecule has 1 aromatic rings. The van der Waals surface area contributed by atoms with E-state index in [-0.39, 0.29) is 34.1 Å². The summed E-state index contributed by atoms with van der Waals surface area (Å²) in [6.45, 7) is 20.3. The van der Waals surface area contributed by atoms with E-state index in [0.717, 1.165) is 6.42 Å². The van der Waals surface area contributed by atoms with E-state index in [4.69, 9.17) is 9.47 Å². The van der Waals surface area contributed by atoms with E-state index in [1.807, 2.05) is 20.8 Å². The Morgan fingerprint density at radius 2 is 1.54 bits per heavy atom. The molecule has 2 unspecified atom stereocenters. The fourth-order valence-corrected chi connectivity index (χ4v) is 8.03. The molecule has 4 nitrogen and oxygen atoms in total. The van der Waals surface area contributed by atoms with Crippen LogP contribution < -0.4 is 0 Å². The molecule has 0 N–H and O–H groups in total. The van der Waals surface area contributed by atoms with Gasteiger partial charge in [0.15, 0.2) is 0 Å². The van der Waals surface area contributed by atoms with Crippen LogP contribution in [-0.2, 0) is 35.3 Å². The van der Waals surface area contributed by atoms with E-state index < -0.39 is 16.4 Å². The average Bonchev–Trinajstić information content (AvgIpc) is 3.28. The number of esters is 2. The Kier molecular flexibility index (Phi) is 5.06. The molecule has 4 aliphatic rings. The fraction of sp³-hybridized carbons (Fsp3) is 0.742. The highest BCUT2D eigenvalue weighted by Gasteiger charge is 2.76. The van der Waals surface area contributed by atoms with Crippen LogP contribution in [0.15, 0.2) is 18.2 Å². The zero-order valence-electron chi connectivity index (χ0n) is 23.3. The SMILES string of the molecule is CC[C@@H]1[C@H](COC(=O)C23CCC(C)(C(=O)O2)C3(C)C)[C@]1(C)c1ccc2c(c1)C(C)(C)CCC2(C)C. The summed E-state index contributed by atoms with van der Waals surface area (Å²) in [6, 6.07) is 7.16. The van der Waals surface area contributed by atoms with Crippen molar-refractivity contribution in [3.8, 4) is 0 Å². The molecule has 2 bridgehead atoms. The van der Waals surface area contributed by atoms with Gasteiger partial charge in [-0.2, -0.15) is 0 Å². The number of hydrogen-bond donors (Lipinski definition) is 0. The van der Waals surface area contributed by atoms with Crippen molar-refractivity contribution in [3.05, 3.63) is 34.9 Å². The maximum Gasteiger partial charge on any atom is 0.351 e. The van der Waals surface area contributed by atoms with Crippen molar-refractivity contribution < 1.29 is 19.1 Å². The molecule has 0 aromatic heterocycles. The Morgan fingerprint density at radius 1 is 0.914 bits per heavy atom. The highest BCUT2D eigenvalue weighted by Crippen LogP contribution is 2.66. The van der Waals surface area contributed by atoms with Crippen molar-refractivity contribution >= 4 is 11.9 Å². The quantitative estimate of drug-likeness (QED) is 0.445. The van der Waals surface area contributed by atoms with Crippen LogP contribution in [-0.4, -0.2) is 24.1 Å². The molecule has 3 fully saturated rings. The number of rotatable bonds is 5. The predicted octanol–water partition coefficient (Wildman–Crippen LogP) is 6.61. The number of carbonyl (C=O) groups excluding carboxylic acids is 2. The lowest BCUT2D eigenvalue weighted by Crippen LogP contribution is -2.49. The summed E-state index contributed by atoms with van der Waals surface area (Å²) in [6.07, 6.45) is 4.68. The van der Waals surface area contributed by atoms with E-state index in [2.05, 4.69) is 59.7 Å². The molecule has 1 aromatic carbocycles. The number of benzene rings is 1. The second-order valence-corrected chi connectivity index (χ2v) is 14.2. The monoisotopic (exact) mass is 480 g/mol. The molecular formula is C31H44O4. The van der Waals surface area contributed by atoms with Gasteiger partial charge in [-0.25, -0.2) is 4.79 Å². The van der Waals surface area contributed by atoms with Crippen molar-refractivity contribution in [3.63, 3.8) is 0 Å². The highest BCUT2D eigenvalue weighted by molar-refractivity contribution is 5.93. The van der Waals surface area contributed by atoms with E-state index >= 15 is 0 Å². The van der Waals surface area contributed by atoms with Gasteiger partial charge < -0.3 is 9.47 Å². The molecule has 5 rings (SSSR count). The number of fused-ring (bicyclic) bond motifs is 3. The van der Waals surface area contributed by atoms with Crippen molar-refractivity contribution in [2.24, 2.45) is 22.7 Å². The maximum atomic E-state index is 13.5. The maximum absolute atomic E-state index is 13.5. The van der Waals surface area contributed by atoms with Crippen molar-refractivity contribution in [1.82, 2.24) is 0 Å². The van der Waals surface area contributed by atoms with Gasteiger partial charge in [-0.15, -0.1) is 0 Å². The normalized spacial score (nSPS) is 39.6. The fourth-order valence-electron chi connectivity index (χ4n) is 8.03. The van der Waals surface area contributed by atoms with Crippen LogP contribution in [0.1, 0.15) is 111 Å². The van der Waals surface area contributed by atoms with Crippen LogP contribution in [0.25, 0.3) is 0 Å². The summed E-state index contributed by atoms with van der Waals surface area (Å²) in [5, 5.41) is 0. The lowest BCUT2D eigenvalue weighted by atomic mass is 9.62. The second kappa shape index (κ2) is 7.13. The molecule has 0 radical (unpaired) electrons. The molecular weight excluding hydrogens is 436 g/mol. The van der Waals surface area contributed by atoms with E-state index in [1.165, 1.54) is 29.5 Å². The van der Waals surface area contributed by atoms with Gasteiger partial charge in [0.25, 0.3) is 0 Å². The van der Waals surface area contributed by atoms with Crippen LogP contribution in [0.2, 0.25) is 0 Å². The molecule has 0 spiro atoms. The lowest BCUT2D eigenvalue weighted by molar-refractivity contribution is -0.183. The van der Waals surface area contributed by atoms with Crippen molar-refractivity contribution in [2.75, 3.05) is 6.61 Å². The molecule has 192 valence electrons. The van der Waals surface area contributed by atoms with Crippen LogP contribution in [0.3, 0.4) is 0 Å². The van der Waals surface area contributed by atoms with E-state index in [9.17, 15) is 9.59 Å². The second-order valence-electron chi connectivity index (χ2n) is 14.2. The first-order valence-electron chi connectivity index (χ1n) is 13.6. The smallest absolute Gasteiger partial charge is 0.351 e. The minimum absolute atomic E-state index is 0.00847. The first-order chi connectivity index (χ1) is 16.1. The molecule has 1 heterocycles. The largest absolute Gasteiger partial charge is 0.462 e. The van der Waals surface area contributed by atoms with Crippen LogP contribution in [0.5, 0.6) is 0 Å². The van der Waals surface area contributed by atoms with Gasteiger partial charge in [0.1, 0.15) is 0 Å². The van der Waals surface area contributed by atoms with Crippen molar-refractivity contribution in [1.29, 1.82) is 0 Å². The highest BCUT2D eigenvalue weighted by atomic mass is 16.6. The lowest BCUT2D eigenvalue weighted by Gasteiger charge is -2.42. The summed E-state index contributed by atoms with van der Waals surface area (Å²) in [5.41, 5.74) is 2.36. The Balaban J connectivity index is 1.38. The minimum Gasteiger partial charge on any atom is -0.462 e. The molecule has 3 aliphatic carbocycles. The molecule has 1 saturated heterocycles. The predicted molar refractivity (Wildman–Crippen MR) is 137 cm³/mol. The number of carbonyl (C=O) groups is 2. The Labute approximate surface area is 211 Å². The summed E-state index contributed by atoms with van der Waals surface area (Å²) in [5.74, 6) is 0.139. The van der Waals surface area contributed by atoms with Crippen LogP contribution in [0.4, 0.5) is 0 Å². The van der Waals surface area contributed by atoms with Gasteiger partial charge in [0.05, 0.1) is 12.0 Å². The number of ether oxygens (including phenoxy) is 2. The molecule has 1 aliphatic heterocycles. The molecule has 2 saturated carbocycles.